The summed E-state index contributed by atoms with van der Waals surface area (Å²) >= 11 is 1.69. The van der Waals surface area contributed by atoms with Crippen LogP contribution in [0.3, 0.4) is 0 Å². The molecule has 0 bridgehead atoms. The van der Waals surface area contributed by atoms with Crippen LogP contribution >= 0.6 is 11.8 Å². The molecule has 17 heavy (non-hydrogen) atoms. The summed E-state index contributed by atoms with van der Waals surface area (Å²) in [6.07, 6.45) is 2.03. The molecule has 0 aliphatic carbocycles. The fourth-order valence-electron chi connectivity index (χ4n) is 1.39. The van der Waals surface area contributed by atoms with Gasteiger partial charge < -0.3 is 10.6 Å². The van der Waals surface area contributed by atoms with Crippen molar-refractivity contribution in [1.82, 2.24) is 5.32 Å². The highest BCUT2D eigenvalue weighted by Crippen LogP contribution is 2.17. The van der Waals surface area contributed by atoms with E-state index in [2.05, 4.69) is 10.6 Å². The van der Waals surface area contributed by atoms with E-state index in [-0.39, 0.29) is 11.8 Å². The molecule has 4 heteroatoms. The molecule has 0 saturated carbocycles. The van der Waals surface area contributed by atoms with Crippen LogP contribution in [0.4, 0.5) is 5.69 Å². The molecule has 1 aromatic rings. The van der Waals surface area contributed by atoms with Gasteiger partial charge in [-0.1, -0.05) is 13.8 Å². The average Bonchev–Trinajstić information content (AvgIpc) is 2.36. The zero-order valence-electron chi connectivity index (χ0n) is 10.6. The molecule has 0 aliphatic rings. The minimum Gasteiger partial charge on any atom is -0.326 e. The average molecular weight is 252 g/mol. The zero-order valence-corrected chi connectivity index (χ0v) is 11.4. The van der Waals surface area contributed by atoms with Gasteiger partial charge in [0.25, 0.3) is 0 Å². The molecule has 0 aliphatic heterocycles. The fraction of sp³-hybridized carbons (Fsp3) is 0.462. The van der Waals surface area contributed by atoms with Gasteiger partial charge in [-0.25, -0.2) is 0 Å². The highest BCUT2D eigenvalue weighted by molar-refractivity contribution is 7.98. The van der Waals surface area contributed by atoms with Crippen molar-refractivity contribution in [3.05, 3.63) is 24.3 Å². The molecule has 0 saturated heterocycles. The Morgan fingerprint density at radius 2 is 2.00 bits per heavy atom. The van der Waals surface area contributed by atoms with E-state index in [0.717, 1.165) is 12.2 Å². The smallest absolute Gasteiger partial charge is 0.228 e. The molecule has 1 amide bonds. The van der Waals surface area contributed by atoms with E-state index < -0.39 is 0 Å². The summed E-state index contributed by atoms with van der Waals surface area (Å²) in [6, 6.07) is 7.89. The first-order valence-electron chi connectivity index (χ1n) is 5.83. The monoisotopic (exact) mass is 252 g/mol. The van der Waals surface area contributed by atoms with E-state index in [1.807, 2.05) is 44.4 Å². The van der Waals surface area contributed by atoms with E-state index in [1.165, 1.54) is 4.90 Å². The van der Waals surface area contributed by atoms with Crippen LogP contribution in [0, 0.1) is 5.92 Å². The number of hydrogen-bond donors (Lipinski definition) is 2. The Morgan fingerprint density at radius 1 is 1.35 bits per heavy atom. The van der Waals surface area contributed by atoms with Crippen molar-refractivity contribution in [2.45, 2.75) is 18.7 Å². The van der Waals surface area contributed by atoms with Gasteiger partial charge in [0.05, 0.1) is 0 Å². The van der Waals surface area contributed by atoms with E-state index in [9.17, 15) is 4.79 Å². The van der Waals surface area contributed by atoms with Crippen LogP contribution in [0.5, 0.6) is 0 Å². The first kappa shape index (κ1) is 14.1. The Labute approximate surface area is 107 Å². The molecular weight excluding hydrogens is 232 g/mol. The molecule has 1 unspecified atom stereocenters. The number of nitrogens with one attached hydrogen (secondary N) is 2. The lowest BCUT2D eigenvalue weighted by Crippen LogP contribution is -2.30. The molecular formula is C13H20N2OS. The number of benzene rings is 1. The molecule has 0 heterocycles. The van der Waals surface area contributed by atoms with Crippen molar-refractivity contribution >= 4 is 23.4 Å². The van der Waals surface area contributed by atoms with Gasteiger partial charge >= 0.3 is 0 Å². The highest BCUT2D eigenvalue weighted by Gasteiger charge is 2.11. The van der Waals surface area contributed by atoms with Crippen molar-refractivity contribution in [3.63, 3.8) is 0 Å². The number of anilines is 1. The van der Waals surface area contributed by atoms with Gasteiger partial charge in [0, 0.05) is 23.0 Å². The number of carbonyl (C=O) groups excluding carboxylic acids is 1. The zero-order chi connectivity index (χ0) is 12.7. The Morgan fingerprint density at radius 3 is 2.53 bits per heavy atom. The summed E-state index contributed by atoms with van der Waals surface area (Å²) in [5.41, 5.74) is 0.858. The second kappa shape index (κ2) is 7.35. The highest BCUT2D eigenvalue weighted by atomic mass is 32.2. The Balaban J connectivity index is 2.49. The molecule has 0 aromatic heterocycles. The molecule has 1 aromatic carbocycles. The van der Waals surface area contributed by atoms with Gasteiger partial charge in [0.2, 0.25) is 5.91 Å². The normalized spacial score (nSPS) is 12.2. The van der Waals surface area contributed by atoms with Crippen LogP contribution in [0.1, 0.15) is 13.8 Å². The first-order chi connectivity index (χ1) is 8.17. The third kappa shape index (κ3) is 4.79. The van der Waals surface area contributed by atoms with Crippen LogP contribution in [0.2, 0.25) is 0 Å². The lowest BCUT2D eigenvalue weighted by atomic mass is 10.1. The fourth-order valence-corrected chi connectivity index (χ4v) is 1.80. The van der Waals surface area contributed by atoms with Crippen molar-refractivity contribution in [3.8, 4) is 0 Å². The Bertz CT molecular complexity index is 351. The van der Waals surface area contributed by atoms with Crippen LogP contribution in [-0.2, 0) is 4.79 Å². The van der Waals surface area contributed by atoms with E-state index in [0.29, 0.717) is 6.54 Å². The van der Waals surface area contributed by atoms with Crippen LogP contribution in [-0.4, -0.2) is 25.3 Å². The van der Waals surface area contributed by atoms with Gasteiger partial charge in [-0.2, -0.15) is 0 Å². The summed E-state index contributed by atoms with van der Waals surface area (Å²) in [4.78, 5) is 13.0. The Kier molecular flexibility index (Phi) is 6.08. The van der Waals surface area contributed by atoms with Gasteiger partial charge in [0.15, 0.2) is 0 Å². The molecule has 0 fully saturated rings. The summed E-state index contributed by atoms with van der Waals surface area (Å²) in [5, 5.41) is 6.08. The minimum atomic E-state index is -0.0184. The number of amides is 1. The Hall–Kier alpha value is -1.00. The first-order valence-corrected chi connectivity index (χ1v) is 7.05. The minimum absolute atomic E-state index is 0.0184. The predicted octanol–water partition coefficient (Wildman–Crippen LogP) is 2.59. The number of carbonyl (C=O) groups is 1. The van der Waals surface area contributed by atoms with Crippen LogP contribution in [0.25, 0.3) is 0 Å². The number of thioether (sulfide) groups is 1. The molecule has 0 radical (unpaired) electrons. The maximum atomic E-state index is 11.8. The molecule has 2 N–H and O–H groups in total. The third-order valence-electron chi connectivity index (χ3n) is 2.51. The summed E-state index contributed by atoms with van der Waals surface area (Å²) in [6.45, 7) is 5.56. The number of rotatable bonds is 6. The maximum absolute atomic E-state index is 11.8. The third-order valence-corrected chi connectivity index (χ3v) is 3.25. The van der Waals surface area contributed by atoms with Crippen molar-refractivity contribution < 1.29 is 4.79 Å². The summed E-state index contributed by atoms with van der Waals surface area (Å²) in [7, 11) is 0. The van der Waals surface area contributed by atoms with Gasteiger partial charge in [-0.3, -0.25) is 4.79 Å². The lowest BCUT2D eigenvalue weighted by molar-refractivity contribution is -0.119. The largest absolute Gasteiger partial charge is 0.326 e. The van der Waals surface area contributed by atoms with E-state index in [1.54, 1.807) is 11.8 Å². The van der Waals surface area contributed by atoms with Gasteiger partial charge in [0.1, 0.15) is 0 Å². The van der Waals surface area contributed by atoms with Crippen molar-refractivity contribution in [1.29, 1.82) is 0 Å². The SMILES string of the molecule is CCNCC(C)C(=O)Nc1ccc(SC)cc1. The maximum Gasteiger partial charge on any atom is 0.228 e. The molecule has 0 spiro atoms. The molecule has 94 valence electrons. The predicted molar refractivity (Wildman–Crippen MR) is 74.6 cm³/mol. The molecule has 1 atom stereocenters. The topological polar surface area (TPSA) is 41.1 Å². The quantitative estimate of drug-likeness (QED) is 0.765. The standard InChI is InChI=1S/C13H20N2OS/c1-4-14-9-10(2)13(16)15-11-5-7-12(17-3)8-6-11/h5-8,10,14H,4,9H2,1-3H3,(H,15,16). The van der Waals surface area contributed by atoms with Crippen LogP contribution < -0.4 is 10.6 Å². The second-order valence-electron chi connectivity index (χ2n) is 3.93. The summed E-state index contributed by atoms with van der Waals surface area (Å²) < 4.78 is 0. The van der Waals surface area contributed by atoms with Gasteiger partial charge in [-0.05, 0) is 37.1 Å². The van der Waals surface area contributed by atoms with Gasteiger partial charge in [-0.15, -0.1) is 11.8 Å². The molecule has 3 nitrogen and oxygen atoms in total. The van der Waals surface area contributed by atoms with Crippen molar-refractivity contribution in [2.24, 2.45) is 5.92 Å². The molecule has 1 rings (SSSR count). The number of hydrogen-bond acceptors (Lipinski definition) is 3. The van der Waals surface area contributed by atoms with Crippen molar-refractivity contribution in [2.75, 3.05) is 24.7 Å². The summed E-state index contributed by atoms with van der Waals surface area (Å²) in [5.74, 6) is 0.0398. The van der Waals surface area contributed by atoms with E-state index >= 15 is 0 Å². The van der Waals surface area contributed by atoms with Crippen LogP contribution in [0.15, 0.2) is 29.2 Å². The van der Waals surface area contributed by atoms with E-state index in [4.69, 9.17) is 0 Å². The second-order valence-corrected chi connectivity index (χ2v) is 4.81. The lowest BCUT2D eigenvalue weighted by Gasteiger charge is -2.12.